The molecule has 4 aliphatic heterocycles. The average molecular weight is 919 g/mol. The fraction of sp³-hybridized carbons (Fsp3) is 0.0294. The molecule has 1 N–H and O–H groups in total. The molecule has 11 aromatic carbocycles. The van der Waals surface area contributed by atoms with Crippen molar-refractivity contribution < 1.29 is 0 Å². The average Bonchev–Trinajstić information content (AvgIpc) is 3.45. The number of hydrogen-bond acceptors (Lipinski definition) is 4. The van der Waals surface area contributed by atoms with Crippen LogP contribution >= 0.6 is 0 Å². The Morgan fingerprint density at radius 2 is 0.639 bits per heavy atom. The molecule has 338 valence electrons. The van der Waals surface area contributed by atoms with Gasteiger partial charge < -0.3 is 20.0 Å². The predicted octanol–water partition coefficient (Wildman–Crippen LogP) is 17.5. The van der Waals surface area contributed by atoms with Crippen LogP contribution in [0.1, 0.15) is 44.5 Å². The highest BCUT2D eigenvalue weighted by molar-refractivity contribution is 6.02. The molecule has 4 heterocycles. The number of nitrogens with one attached hydrogen (secondary N) is 1. The van der Waals surface area contributed by atoms with E-state index in [-0.39, 0.29) is 0 Å². The molecule has 0 saturated carbocycles. The highest BCUT2D eigenvalue weighted by Gasteiger charge is 2.55. The van der Waals surface area contributed by atoms with Crippen molar-refractivity contribution in [2.75, 3.05) is 20.0 Å². The summed E-state index contributed by atoms with van der Waals surface area (Å²) >= 11 is 0. The largest absolute Gasteiger partial charge is 0.355 e. The third kappa shape index (κ3) is 5.41. The van der Waals surface area contributed by atoms with Crippen molar-refractivity contribution in [1.29, 1.82) is 0 Å². The van der Waals surface area contributed by atoms with Gasteiger partial charge in [-0.3, -0.25) is 0 Å². The molecule has 0 fully saturated rings. The maximum Gasteiger partial charge on any atom is 0.0783 e. The Morgan fingerprint density at radius 3 is 1.17 bits per heavy atom. The van der Waals surface area contributed by atoms with E-state index in [4.69, 9.17) is 0 Å². The highest BCUT2D eigenvalue weighted by Crippen LogP contribution is 2.68. The topological polar surface area (TPSA) is 21.8 Å². The first-order valence-corrected chi connectivity index (χ1v) is 24.9. The molecule has 0 aliphatic carbocycles. The number of fused-ring (bicyclic) bond motifs is 16. The monoisotopic (exact) mass is 918 g/mol. The maximum absolute atomic E-state index is 4.15. The molecule has 0 radical (unpaired) electrons. The summed E-state index contributed by atoms with van der Waals surface area (Å²) in [7, 11) is 0. The van der Waals surface area contributed by atoms with Crippen molar-refractivity contribution in [3.63, 3.8) is 0 Å². The fourth-order valence-corrected chi connectivity index (χ4v) is 13.1. The Kier molecular flexibility index (Phi) is 8.75. The second-order valence-corrected chi connectivity index (χ2v) is 19.2. The number of nitrogens with zero attached hydrogens (tertiary/aromatic N) is 3. The molecule has 4 heteroatoms. The number of benzene rings is 11. The van der Waals surface area contributed by atoms with Crippen molar-refractivity contribution in [1.82, 2.24) is 0 Å². The zero-order valence-electron chi connectivity index (χ0n) is 39.3. The molecule has 1 atom stereocenters. The van der Waals surface area contributed by atoms with Gasteiger partial charge in [0.25, 0.3) is 0 Å². The van der Waals surface area contributed by atoms with Crippen LogP contribution in [-0.4, -0.2) is 0 Å². The molecule has 4 aliphatic rings. The number of hydrogen-bond donors (Lipinski definition) is 1. The lowest BCUT2D eigenvalue weighted by Crippen LogP contribution is -2.43. The number of para-hydroxylation sites is 9. The second-order valence-electron chi connectivity index (χ2n) is 19.2. The van der Waals surface area contributed by atoms with Crippen LogP contribution in [0.4, 0.5) is 62.6 Å². The van der Waals surface area contributed by atoms with Crippen LogP contribution in [0, 0.1) is 0 Å². The molecule has 0 bridgehead atoms. The molecule has 2 spiro atoms. The summed E-state index contributed by atoms with van der Waals surface area (Å²) in [6.45, 7) is 0. The molecular formula is C68H46N4. The van der Waals surface area contributed by atoms with Crippen LogP contribution < -0.4 is 20.0 Å². The van der Waals surface area contributed by atoms with E-state index in [1.165, 1.54) is 61.3 Å². The van der Waals surface area contributed by atoms with E-state index < -0.39 is 10.8 Å². The summed E-state index contributed by atoms with van der Waals surface area (Å²) < 4.78 is 0. The lowest BCUT2D eigenvalue weighted by Gasteiger charge is -2.53. The van der Waals surface area contributed by atoms with Crippen LogP contribution in [0.5, 0.6) is 0 Å². The third-order valence-corrected chi connectivity index (χ3v) is 15.8. The zero-order chi connectivity index (χ0) is 47.4. The molecule has 0 saturated heterocycles. The summed E-state index contributed by atoms with van der Waals surface area (Å²) in [6.07, 6.45) is 0. The van der Waals surface area contributed by atoms with Gasteiger partial charge in [-0.1, -0.05) is 194 Å². The molecule has 11 aromatic rings. The van der Waals surface area contributed by atoms with Gasteiger partial charge in [0.1, 0.15) is 0 Å². The van der Waals surface area contributed by atoms with E-state index in [1.807, 2.05) is 0 Å². The summed E-state index contributed by atoms with van der Waals surface area (Å²) in [6, 6.07) is 101. The molecule has 4 nitrogen and oxygen atoms in total. The van der Waals surface area contributed by atoms with Gasteiger partial charge >= 0.3 is 0 Å². The van der Waals surface area contributed by atoms with Crippen LogP contribution in [0.2, 0.25) is 0 Å². The summed E-state index contributed by atoms with van der Waals surface area (Å²) in [5, 5.41) is 4.15. The lowest BCUT2D eigenvalue weighted by atomic mass is 9.57. The van der Waals surface area contributed by atoms with Crippen molar-refractivity contribution in [2.45, 2.75) is 10.8 Å². The molecule has 15 rings (SSSR count). The third-order valence-electron chi connectivity index (χ3n) is 15.8. The van der Waals surface area contributed by atoms with E-state index >= 15 is 0 Å². The van der Waals surface area contributed by atoms with E-state index in [0.29, 0.717) is 0 Å². The fourth-order valence-electron chi connectivity index (χ4n) is 13.1. The van der Waals surface area contributed by atoms with Crippen molar-refractivity contribution in [3.8, 4) is 11.1 Å². The van der Waals surface area contributed by atoms with E-state index in [0.717, 1.165) is 56.9 Å². The summed E-state index contributed by atoms with van der Waals surface area (Å²) in [5.74, 6) is 0. The van der Waals surface area contributed by atoms with E-state index in [9.17, 15) is 0 Å². The van der Waals surface area contributed by atoms with Gasteiger partial charge in [0.2, 0.25) is 0 Å². The van der Waals surface area contributed by atoms with Crippen LogP contribution in [0.15, 0.2) is 273 Å². The predicted molar refractivity (Wildman–Crippen MR) is 297 cm³/mol. The first-order valence-electron chi connectivity index (χ1n) is 24.9. The van der Waals surface area contributed by atoms with Gasteiger partial charge in [-0.2, -0.15) is 0 Å². The van der Waals surface area contributed by atoms with Crippen molar-refractivity contribution >= 4 is 62.6 Å². The molecular weight excluding hydrogens is 873 g/mol. The Labute approximate surface area is 420 Å². The number of anilines is 11. The van der Waals surface area contributed by atoms with Crippen LogP contribution in [0.3, 0.4) is 0 Å². The second kappa shape index (κ2) is 15.6. The summed E-state index contributed by atoms with van der Waals surface area (Å²) in [4.78, 5) is 7.50. The Hall–Kier alpha value is -9.38. The molecule has 0 aromatic heterocycles. The van der Waals surface area contributed by atoms with E-state index in [1.54, 1.807) is 0 Å². The Bertz CT molecular complexity index is 3860. The standard InChI is InChI=1S/C68H46N4/c1-5-24-46(25-6-1)50-32-23-38-56-66(50)72(49-30-11-4-12-31-49)64-43-22-17-37-55(64)67(56)51-33-13-18-39-59(51)69-60-44-58-65(45-57(60)67)71(48-28-9-3-10-29-48)63-42-21-16-36-54(63)68(58)52-34-14-19-40-61(52)70(47-26-7-2-8-27-47)62-41-20-15-35-53(62)68/h1-45,69H. The molecule has 0 amide bonds. The quantitative estimate of drug-likeness (QED) is 0.190. The minimum Gasteiger partial charge on any atom is -0.355 e. The molecule has 1 unspecified atom stereocenters. The van der Waals surface area contributed by atoms with Gasteiger partial charge in [0, 0.05) is 34.0 Å². The summed E-state index contributed by atoms with van der Waals surface area (Å²) in [5.41, 5.74) is 23.1. The van der Waals surface area contributed by atoms with Gasteiger partial charge in [0.15, 0.2) is 0 Å². The van der Waals surface area contributed by atoms with Gasteiger partial charge in [-0.05, 0) is 129 Å². The van der Waals surface area contributed by atoms with Gasteiger partial charge in [-0.25, -0.2) is 0 Å². The lowest BCUT2D eigenvalue weighted by molar-refractivity contribution is 0.705. The smallest absolute Gasteiger partial charge is 0.0783 e. The maximum atomic E-state index is 4.15. The van der Waals surface area contributed by atoms with Crippen LogP contribution in [0.25, 0.3) is 11.1 Å². The first kappa shape index (κ1) is 40.5. The molecule has 72 heavy (non-hydrogen) atoms. The van der Waals surface area contributed by atoms with Gasteiger partial charge in [0.05, 0.1) is 45.0 Å². The van der Waals surface area contributed by atoms with Crippen molar-refractivity contribution in [3.05, 3.63) is 317 Å². The van der Waals surface area contributed by atoms with Crippen LogP contribution in [-0.2, 0) is 10.8 Å². The minimum atomic E-state index is -0.771. The number of rotatable bonds is 4. The normalized spacial score (nSPS) is 16.0. The highest BCUT2D eigenvalue weighted by atomic mass is 15.2. The Balaban J connectivity index is 1.11. The first-order chi connectivity index (χ1) is 35.8. The zero-order valence-corrected chi connectivity index (χ0v) is 39.3. The SMILES string of the molecule is c1ccc(-c2cccc3c2N(c2ccccc2)c2ccccc2C32c3ccccc3Nc3cc4c(cc32)N(c2ccccc2)c2ccccc2C42c3ccccc3N(c3ccccc3)c3ccccc32)cc1. The van der Waals surface area contributed by atoms with E-state index in [2.05, 4.69) is 293 Å². The van der Waals surface area contributed by atoms with Crippen molar-refractivity contribution in [2.24, 2.45) is 0 Å². The minimum absolute atomic E-state index is 0.733. The Morgan fingerprint density at radius 1 is 0.250 bits per heavy atom. The van der Waals surface area contributed by atoms with Gasteiger partial charge in [-0.15, -0.1) is 0 Å².